The molecule has 46 heavy (non-hydrogen) atoms. The molecule has 2 atom stereocenters. The maximum absolute atomic E-state index is 13.4. The number of aliphatic carboxylic acids is 1. The van der Waals surface area contributed by atoms with E-state index in [2.05, 4.69) is 36.0 Å². The monoisotopic (exact) mass is 644 g/mol. The fourth-order valence-electron chi connectivity index (χ4n) is 5.26. The summed E-state index contributed by atoms with van der Waals surface area (Å²) in [6.07, 6.45) is 5.93. The molecule has 13 nitrogen and oxygen atoms in total. The minimum atomic E-state index is -4.24. The molecule has 2 heterocycles. The van der Waals surface area contributed by atoms with Crippen LogP contribution in [0.1, 0.15) is 27.9 Å². The first kappa shape index (κ1) is 32.5. The van der Waals surface area contributed by atoms with E-state index in [0.717, 1.165) is 28.6 Å². The number of nitrogens with one attached hydrogen (secondary N) is 4. The van der Waals surface area contributed by atoms with Gasteiger partial charge in [-0.15, -0.1) is 0 Å². The molecule has 0 saturated heterocycles. The van der Waals surface area contributed by atoms with Crippen LogP contribution in [-0.4, -0.2) is 67.1 Å². The van der Waals surface area contributed by atoms with Crippen molar-refractivity contribution in [2.24, 2.45) is 10.2 Å². The highest BCUT2D eigenvalue weighted by molar-refractivity contribution is 7.89. The highest BCUT2D eigenvalue weighted by atomic mass is 32.2. The molecule has 5 N–H and O–H groups in total. The third-order valence-electron chi connectivity index (χ3n) is 7.43. The van der Waals surface area contributed by atoms with Gasteiger partial charge in [-0.2, -0.15) is 20.0 Å². The van der Waals surface area contributed by atoms with Crippen LogP contribution in [0.5, 0.6) is 0 Å². The molecule has 1 aliphatic rings. The van der Waals surface area contributed by atoms with Crippen molar-refractivity contribution in [2.45, 2.75) is 44.0 Å². The van der Waals surface area contributed by atoms with Gasteiger partial charge in [0.25, 0.3) is 5.91 Å². The van der Waals surface area contributed by atoms with Crippen molar-refractivity contribution < 1.29 is 23.1 Å². The maximum atomic E-state index is 13.4. The van der Waals surface area contributed by atoms with Gasteiger partial charge in [-0.3, -0.25) is 19.6 Å². The second-order valence-corrected chi connectivity index (χ2v) is 12.5. The lowest BCUT2D eigenvalue weighted by atomic mass is 10.0. The van der Waals surface area contributed by atoms with Gasteiger partial charge in [0.15, 0.2) is 6.29 Å². The molecule has 0 saturated carbocycles. The maximum Gasteiger partial charge on any atom is 0.323 e. The van der Waals surface area contributed by atoms with E-state index in [1.165, 1.54) is 0 Å². The Hall–Kier alpha value is -4.92. The number of amides is 1. The van der Waals surface area contributed by atoms with Crippen molar-refractivity contribution in [2.75, 3.05) is 19.6 Å². The third kappa shape index (κ3) is 7.83. The molecule has 1 amide bonds. The number of hydrogen-bond donors (Lipinski definition) is 5. The van der Waals surface area contributed by atoms with Gasteiger partial charge >= 0.3 is 5.97 Å². The van der Waals surface area contributed by atoms with Crippen molar-refractivity contribution >= 4 is 32.8 Å². The van der Waals surface area contributed by atoms with Gasteiger partial charge in [-0.1, -0.05) is 48.5 Å². The number of benzene rings is 3. The van der Waals surface area contributed by atoms with Gasteiger partial charge in [-0.05, 0) is 66.9 Å². The fourth-order valence-corrected chi connectivity index (χ4v) is 6.90. The number of azo groups is 1. The summed E-state index contributed by atoms with van der Waals surface area (Å²) in [6, 6.07) is 16.5. The summed E-state index contributed by atoms with van der Waals surface area (Å²) < 4.78 is 30.8. The summed E-state index contributed by atoms with van der Waals surface area (Å²) in [5, 5.41) is 32.1. The first-order chi connectivity index (χ1) is 22.1. The van der Waals surface area contributed by atoms with E-state index in [1.807, 2.05) is 47.3 Å². The van der Waals surface area contributed by atoms with Crippen LogP contribution in [0.2, 0.25) is 0 Å². The Morgan fingerprint density at radius 3 is 2.54 bits per heavy atom. The Morgan fingerprint density at radius 1 is 1.09 bits per heavy atom. The fraction of sp³-hybridized carbons (Fsp3) is 0.281. The topological polar surface area (TPSA) is 179 Å². The first-order valence-corrected chi connectivity index (χ1v) is 16.3. The number of rotatable bonds is 13. The molecule has 1 aromatic heterocycles. The summed E-state index contributed by atoms with van der Waals surface area (Å²) in [7, 11) is -4.24. The van der Waals surface area contributed by atoms with Gasteiger partial charge < -0.3 is 15.7 Å². The highest BCUT2D eigenvalue weighted by Crippen LogP contribution is 2.28. The Kier molecular flexibility index (Phi) is 10.2. The average Bonchev–Trinajstić information content (AvgIpc) is 3.45. The Balaban J connectivity index is 1.19. The lowest BCUT2D eigenvalue weighted by Gasteiger charge is -2.19. The standard InChI is InChI=1S/C32H36N8O5S/c1-21-16-25(23-8-4-3-5-9-23)17-22(2)29(21)46(44,45)39-27(31(42)43)20-35-30(41)24-10-11-28-26(18-24)19-37-40(28)15-7-14-36-38-32-33-12-6-13-34-32/h3-6,8-12,16-19,27,32-34,39H,7,13-15,20H2,1-2H3,(H,35,41)(H,42,43). The second kappa shape index (κ2) is 14.5. The van der Waals surface area contributed by atoms with E-state index in [-0.39, 0.29) is 16.7 Å². The van der Waals surface area contributed by atoms with Crippen LogP contribution in [0.15, 0.2) is 94.3 Å². The Bertz CT molecular complexity index is 1870. The summed E-state index contributed by atoms with van der Waals surface area (Å²) in [5.41, 5.74) is 3.86. The molecule has 4 aromatic rings. The lowest BCUT2D eigenvalue weighted by molar-refractivity contribution is -0.138. The molecule has 0 fully saturated rings. The van der Waals surface area contributed by atoms with E-state index < -0.39 is 34.5 Å². The number of carboxylic acid groups (broad SMARTS) is 1. The Labute approximate surface area is 266 Å². The second-order valence-electron chi connectivity index (χ2n) is 10.9. The minimum Gasteiger partial charge on any atom is -0.480 e. The predicted molar refractivity (Wildman–Crippen MR) is 174 cm³/mol. The van der Waals surface area contributed by atoms with Gasteiger partial charge in [0.1, 0.15) is 6.04 Å². The van der Waals surface area contributed by atoms with Crippen LogP contribution in [0.25, 0.3) is 22.0 Å². The molecular weight excluding hydrogens is 608 g/mol. The van der Waals surface area contributed by atoms with E-state index in [4.69, 9.17) is 0 Å². The predicted octanol–water partition coefficient (Wildman–Crippen LogP) is 3.31. The molecule has 0 spiro atoms. The number of sulfonamides is 1. The molecule has 5 rings (SSSR count). The summed E-state index contributed by atoms with van der Waals surface area (Å²) in [4.78, 5) is 25.0. The highest BCUT2D eigenvalue weighted by Gasteiger charge is 2.28. The first-order valence-electron chi connectivity index (χ1n) is 14.8. The molecule has 0 aliphatic carbocycles. The quantitative estimate of drug-likeness (QED) is 0.109. The number of aryl methyl sites for hydroxylation is 3. The van der Waals surface area contributed by atoms with Crippen molar-refractivity contribution in [1.29, 1.82) is 0 Å². The van der Waals surface area contributed by atoms with Crippen LogP contribution < -0.4 is 20.7 Å². The molecule has 0 bridgehead atoms. The van der Waals surface area contributed by atoms with Gasteiger partial charge in [0.2, 0.25) is 10.0 Å². The normalized spacial score (nSPS) is 15.6. The summed E-state index contributed by atoms with van der Waals surface area (Å²) in [6.45, 7) is 4.74. The van der Waals surface area contributed by atoms with E-state index in [9.17, 15) is 23.1 Å². The molecule has 0 radical (unpaired) electrons. The third-order valence-corrected chi connectivity index (χ3v) is 9.20. The zero-order valence-electron chi connectivity index (χ0n) is 25.5. The average molecular weight is 645 g/mol. The Morgan fingerprint density at radius 2 is 1.85 bits per heavy atom. The molecular formula is C32H36N8O5S. The van der Waals surface area contributed by atoms with Gasteiger partial charge in [0.05, 0.1) is 23.2 Å². The molecule has 240 valence electrons. The van der Waals surface area contributed by atoms with Crippen molar-refractivity contribution in [3.8, 4) is 11.1 Å². The number of nitrogens with zero attached hydrogens (tertiary/aromatic N) is 4. The van der Waals surface area contributed by atoms with Gasteiger partial charge in [0, 0.05) is 30.6 Å². The zero-order chi connectivity index (χ0) is 32.7. The van der Waals surface area contributed by atoms with E-state index in [1.54, 1.807) is 50.4 Å². The summed E-state index contributed by atoms with van der Waals surface area (Å²) in [5.74, 6) is -1.96. The van der Waals surface area contributed by atoms with Crippen LogP contribution >= 0.6 is 0 Å². The van der Waals surface area contributed by atoms with Crippen LogP contribution in [-0.2, 0) is 21.4 Å². The van der Waals surface area contributed by atoms with Crippen LogP contribution in [0.4, 0.5) is 0 Å². The minimum absolute atomic E-state index is 0.00551. The number of carbonyl (C=O) groups excluding carboxylic acids is 1. The van der Waals surface area contributed by atoms with Crippen molar-refractivity contribution in [1.82, 2.24) is 30.5 Å². The van der Waals surface area contributed by atoms with Crippen LogP contribution in [0.3, 0.4) is 0 Å². The number of hydrogen-bond acceptors (Lipinski definition) is 9. The molecule has 14 heteroatoms. The molecule has 2 unspecified atom stereocenters. The SMILES string of the molecule is Cc1cc(-c2ccccc2)cc(C)c1S(=O)(=O)NC(CNC(=O)c1ccc2c(cnn2CCCN=NC2NC=CCN2)c1)C(=O)O. The number of carboxylic acids is 1. The van der Waals surface area contributed by atoms with E-state index >= 15 is 0 Å². The largest absolute Gasteiger partial charge is 0.480 e. The lowest BCUT2D eigenvalue weighted by Crippen LogP contribution is -2.48. The smallest absolute Gasteiger partial charge is 0.323 e. The molecule has 1 aliphatic heterocycles. The summed E-state index contributed by atoms with van der Waals surface area (Å²) >= 11 is 0. The number of aromatic nitrogens is 2. The zero-order valence-corrected chi connectivity index (χ0v) is 26.3. The van der Waals surface area contributed by atoms with Crippen molar-refractivity contribution in [3.05, 3.63) is 95.8 Å². The number of carbonyl (C=O) groups is 2. The van der Waals surface area contributed by atoms with Crippen LogP contribution in [0, 0.1) is 13.8 Å². The number of fused-ring (bicyclic) bond motifs is 1. The van der Waals surface area contributed by atoms with E-state index in [0.29, 0.717) is 30.6 Å². The van der Waals surface area contributed by atoms with Gasteiger partial charge in [-0.25, -0.2) is 8.42 Å². The van der Waals surface area contributed by atoms with Crippen molar-refractivity contribution in [3.63, 3.8) is 0 Å². The molecule has 3 aromatic carbocycles.